The Labute approximate surface area is 145 Å². The SMILES string of the molecule is NC(=O)c1cncc2c3ccccc3n(N3CCC4(CC3)CNC4)c12. The van der Waals surface area contributed by atoms with Crippen molar-refractivity contribution in [3.63, 3.8) is 0 Å². The van der Waals surface area contributed by atoms with E-state index in [1.165, 1.54) is 12.8 Å². The monoisotopic (exact) mass is 335 g/mol. The number of carbonyl (C=O) groups is 1. The van der Waals surface area contributed by atoms with Crippen molar-refractivity contribution in [2.45, 2.75) is 12.8 Å². The van der Waals surface area contributed by atoms with Gasteiger partial charge in [0.1, 0.15) is 0 Å². The number of carbonyl (C=O) groups excluding carboxylic acids is 1. The fraction of sp³-hybridized carbons (Fsp3) is 0.368. The van der Waals surface area contributed by atoms with Gasteiger partial charge in [0, 0.05) is 49.3 Å². The van der Waals surface area contributed by atoms with Crippen molar-refractivity contribution >= 4 is 27.7 Å². The van der Waals surface area contributed by atoms with Crippen LogP contribution in [0.25, 0.3) is 21.8 Å². The summed E-state index contributed by atoms with van der Waals surface area (Å²) >= 11 is 0. The first-order chi connectivity index (χ1) is 12.2. The summed E-state index contributed by atoms with van der Waals surface area (Å²) in [6.07, 6.45) is 5.76. The van der Waals surface area contributed by atoms with Crippen LogP contribution >= 0.6 is 0 Å². The average Bonchev–Trinajstić information content (AvgIpc) is 2.95. The molecule has 4 heterocycles. The lowest BCUT2D eigenvalue weighted by Gasteiger charge is -2.49. The molecule has 25 heavy (non-hydrogen) atoms. The van der Waals surface area contributed by atoms with Crippen LogP contribution in [0.5, 0.6) is 0 Å². The molecule has 0 atom stereocenters. The summed E-state index contributed by atoms with van der Waals surface area (Å²) in [6, 6.07) is 8.25. The molecule has 0 unspecified atom stereocenters. The van der Waals surface area contributed by atoms with Gasteiger partial charge in [0.2, 0.25) is 0 Å². The van der Waals surface area contributed by atoms with E-state index in [2.05, 4.69) is 32.1 Å². The molecular formula is C19H21N5O. The zero-order valence-corrected chi connectivity index (χ0v) is 14.0. The van der Waals surface area contributed by atoms with Gasteiger partial charge >= 0.3 is 0 Å². The quantitative estimate of drug-likeness (QED) is 0.746. The second kappa shape index (κ2) is 5.20. The third-order valence-corrected chi connectivity index (χ3v) is 5.90. The van der Waals surface area contributed by atoms with Gasteiger partial charge < -0.3 is 16.1 Å². The second-order valence-electron chi connectivity index (χ2n) is 7.33. The number of piperidine rings is 1. The van der Waals surface area contributed by atoms with Crippen molar-refractivity contribution < 1.29 is 4.79 Å². The van der Waals surface area contributed by atoms with Crippen LogP contribution in [0.3, 0.4) is 0 Å². The third-order valence-electron chi connectivity index (χ3n) is 5.90. The number of pyridine rings is 1. The fourth-order valence-electron chi connectivity index (χ4n) is 4.36. The molecule has 6 nitrogen and oxygen atoms in total. The molecule has 0 radical (unpaired) electrons. The zero-order chi connectivity index (χ0) is 17.0. The maximum atomic E-state index is 12.0. The Balaban J connectivity index is 1.71. The Kier molecular flexibility index (Phi) is 3.06. The summed E-state index contributed by atoms with van der Waals surface area (Å²) in [5.41, 5.74) is 8.60. The Bertz CT molecular complexity index is 978. The van der Waals surface area contributed by atoms with E-state index in [0.29, 0.717) is 11.0 Å². The van der Waals surface area contributed by atoms with E-state index in [9.17, 15) is 4.79 Å². The molecule has 5 rings (SSSR count). The predicted molar refractivity (Wildman–Crippen MR) is 98.2 cm³/mol. The van der Waals surface area contributed by atoms with Crippen LogP contribution in [-0.4, -0.2) is 41.7 Å². The van der Waals surface area contributed by atoms with Gasteiger partial charge in [-0.1, -0.05) is 18.2 Å². The Morgan fingerprint density at radius 3 is 2.56 bits per heavy atom. The molecule has 2 fully saturated rings. The predicted octanol–water partition coefficient (Wildman–Crippen LogP) is 1.61. The Hall–Kier alpha value is -2.60. The number of fused-ring (bicyclic) bond motifs is 3. The van der Waals surface area contributed by atoms with E-state index in [-0.39, 0.29) is 0 Å². The molecule has 2 aliphatic heterocycles. The lowest BCUT2D eigenvalue weighted by atomic mass is 9.74. The number of nitrogens with zero attached hydrogens (tertiary/aromatic N) is 3. The van der Waals surface area contributed by atoms with Gasteiger partial charge in [-0.15, -0.1) is 0 Å². The standard InChI is InChI=1S/C19H21N5O/c20-18(25)15-10-21-9-14-13-3-1-2-4-16(13)24(17(14)15)23-7-5-19(6-8-23)11-22-12-19/h1-4,9-10,22H,5-8,11-12H2,(H2,20,25). The highest BCUT2D eigenvalue weighted by Gasteiger charge is 2.40. The number of primary amides is 1. The Morgan fingerprint density at radius 2 is 1.88 bits per heavy atom. The smallest absolute Gasteiger partial charge is 0.252 e. The summed E-state index contributed by atoms with van der Waals surface area (Å²) in [5.74, 6) is -0.432. The van der Waals surface area contributed by atoms with Crippen LogP contribution in [0.1, 0.15) is 23.2 Å². The lowest BCUT2D eigenvalue weighted by molar-refractivity contribution is 0.100. The van der Waals surface area contributed by atoms with Crippen LogP contribution in [-0.2, 0) is 0 Å². The van der Waals surface area contributed by atoms with Crippen molar-refractivity contribution in [2.75, 3.05) is 31.2 Å². The molecule has 3 aromatic rings. The molecule has 6 heteroatoms. The van der Waals surface area contributed by atoms with Gasteiger partial charge in [0.25, 0.3) is 5.91 Å². The second-order valence-corrected chi connectivity index (χ2v) is 7.33. The first-order valence-corrected chi connectivity index (χ1v) is 8.81. The number of hydrogen-bond donors (Lipinski definition) is 2. The van der Waals surface area contributed by atoms with Crippen molar-refractivity contribution in [2.24, 2.45) is 11.1 Å². The van der Waals surface area contributed by atoms with E-state index in [1.54, 1.807) is 6.20 Å². The first kappa shape index (κ1) is 14.7. The van der Waals surface area contributed by atoms with Gasteiger partial charge in [0.15, 0.2) is 0 Å². The highest BCUT2D eigenvalue weighted by atomic mass is 16.1. The summed E-state index contributed by atoms with van der Waals surface area (Å²) in [7, 11) is 0. The van der Waals surface area contributed by atoms with Crippen molar-refractivity contribution in [3.05, 3.63) is 42.2 Å². The van der Waals surface area contributed by atoms with E-state index >= 15 is 0 Å². The molecule has 1 amide bonds. The molecular weight excluding hydrogens is 314 g/mol. The van der Waals surface area contributed by atoms with Crippen LogP contribution in [0.2, 0.25) is 0 Å². The summed E-state index contributed by atoms with van der Waals surface area (Å²) < 4.78 is 2.20. The fourth-order valence-corrected chi connectivity index (χ4v) is 4.36. The molecule has 1 aromatic carbocycles. The Morgan fingerprint density at radius 1 is 1.12 bits per heavy atom. The third kappa shape index (κ3) is 2.07. The van der Waals surface area contributed by atoms with E-state index < -0.39 is 5.91 Å². The highest BCUT2D eigenvalue weighted by molar-refractivity contribution is 6.15. The van der Waals surface area contributed by atoms with Crippen molar-refractivity contribution in [1.29, 1.82) is 0 Å². The van der Waals surface area contributed by atoms with Crippen LogP contribution < -0.4 is 16.1 Å². The summed E-state index contributed by atoms with van der Waals surface area (Å²) in [5, 5.41) is 7.87. The minimum absolute atomic E-state index is 0.432. The molecule has 2 saturated heterocycles. The van der Waals surface area contributed by atoms with Crippen LogP contribution in [0.4, 0.5) is 0 Å². The number of rotatable bonds is 2. The summed E-state index contributed by atoms with van der Waals surface area (Å²) in [4.78, 5) is 16.3. The number of amides is 1. The van der Waals surface area contributed by atoms with Gasteiger partial charge in [-0.05, 0) is 24.3 Å². The maximum absolute atomic E-state index is 12.0. The zero-order valence-electron chi connectivity index (χ0n) is 14.0. The molecule has 0 aliphatic carbocycles. The minimum atomic E-state index is -0.432. The normalized spacial score (nSPS) is 19.4. The van der Waals surface area contributed by atoms with Gasteiger partial charge in [0.05, 0.1) is 16.6 Å². The number of nitrogens with two attached hydrogens (primary N) is 1. The van der Waals surface area contributed by atoms with Crippen molar-refractivity contribution in [3.8, 4) is 0 Å². The highest BCUT2D eigenvalue weighted by Crippen LogP contribution is 2.37. The van der Waals surface area contributed by atoms with Crippen LogP contribution in [0, 0.1) is 5.41 Å². The molecule has 0 saturated carbocycles. The topological polar surface area (TPSA) is 76.2 Å². The van der Waals surface area contributed by atoms with E-state index in [0.717, 1.165) is 48.0 Å². The molecule has 3 N–H and O–H groups in total. The minimum Gasteiger partial charge on any atom is -0.365 e. The average molecular weight is 335 g/mol. The number of aromatic nitrogens is 2. The number of para-hydroxylation sites is 1. The van der Waals surface area contributed by atoms with Gasteiger partial charge in [-0.25, -0.2) is 0 Å². The summed E-state index contributed by atoms with van der Waals surface area (Å²) in [6.45, 7) is 4.22. The number of nitrogens with one attached hydrogen (secondary N) is 1. The molecule has 2 aliphatic rings. The first-order valence-electron chi connectivity index (χ1n) is 8.81. The molecule has 0 bridgehead atoms. The van der Waals surface area contributed by atoms with Gasteiger partial charge in [-0.3, -0.25) is 14.5 Å². The largest absolute Gasteiger partial charge is 0.365 e. The number of hydrogen-bond acceptors (Lipinski definition) is 4. The molecule has 1 spiro atoms. The lowest BCUT2D eigenvalue weighted by Crippen LogP contribution is -2.59. The van der Waals surface area contributed by atoms with Gasteiger partial charge in [-0.2, -0.15) is 0 Å². The maximum Gasteiger partial charge on any atom is 0.252 e. The molecule has 128 valence electrons. The van der Waals surface area contributed by atoms with Crippen molar-refractivity contribution in [1.82, 2.24) is 15.0 Å². The van der Waals surface area contributed by atoms with E-state index in [4.69, 9.17) is 5.73 Å². The van der Waals surface area contributed by atoms with Crippen LogP contribution in [0.15, 0.2) is 36.7 Å². The van der Waals surface area contributed by atoms with E-state index in [1.807, 2.05) is 18.3 Å². The number of benzene rings is 1. The molecule has 2 aromatic heterocycles.